The Labute approximate surface area is 132 Å². The summed E-state index contributed by atoms with van der Waals surface area (Å²) in [6.07, 6.45) is 2.12. The minimum Gasteiger partial charge on any atom is -0.396 e. The summed E-state index contributed by atoms with van der Waals surface area (Å²) in [4.78, 5) is 16.2. The molecule has 5 nitrogen and oxygen atoms in total. The molecule has 1 aliphatic heterocycles. The van der Waals surface area contributed by atoms with E-state index in [9.17, 15) is 9.90 Å². The summed E-state index contributed by atoms with van der Waals surface area (Å²) >= 11 is 0. The average molecular weight is 305 g/mol. The van der Waals surface area contributed by atoms with Gasteiger partial charge in [-0.1, -0.05) is 12.1 Å². The molecule has 2 N–H and O–H groups in total. The summed E-state index contributed by atoms with van der Waals surface area (Å²) in [5.74, 6) is 0.371. The van der Waals surface area contributed by atoms with Gasteiger partial charge in [-0.3, -0.25) is 9.69 Å². The standard InChI is InChI=1S/C17H27N3O2/c1-19(2)16-7-5-14(6-8-16)10-18-17(22)12-20-9-3-4-15(11-20)13-21/h5-8,15,21H,3-4,9-13H2,1-2H3,(H,18,22). The smallest absolute Gasteiger partial charge is 0.234 e. The van der Waals surface area contributed by atoms with Crippen molar-refractivity contribution >= 4 is 11.6 Å². The highest BCUT2D eigenvalue weighted by molar-refractivity contribution is 5.78. The van der Waals surface area contributed by atoms with Crippen LogP contribution in [0.3, 0.4) is 0 Å². The van der Waals surface area contributed by atoms with Crippen molar-refractivity contribution in [2.24, 2.45) is 5.92 Å². The molecule has 1 aromatic carbocycles. The van der Waals surface area contributed by atoms with Crippen LogP contribution in [0.1, 0.15) is 18.4 Å². The Balaban J connectivity index is 1.75. The summed E-state index contributed by atoms with van der Waals surface area (Å²) in [7, 11) is 4.02. The summed E-state index contributed by atoms with van der Waals surface area (Å²) in [5, 5.41) is 12.2. The van der Waals surface area contributed by atoms with Crippen molar-refractivity contribution in [3.8, 4) is 0 Å². The number of hydrogen-bond acceptors (Lipinski definition) is 4. The lowest BCUT2D eigenvalue weighted by molar-refractivity contribution is -0.122. The lowest BCUT2D eigenvalue weighted by atomic mass is 9.99. The van der Waals surface area contributed by atoms with Crippen LogP contribution in [0.15, 0.2) is 24.3 Å². The highest BCUT2D eigenvalue weighted by Gasteiger charge is 2.20. The van der Waals surface area contributed by atoms with Gasteiger partial charge in [-0.15, -0.1) is 0 Å². The molecule has 0 saturated carbocycles. The number of aliphatic hydroxyl groups excluding tert-OH is 1. The molecule has 5 heteroatoms. The monoisotopic (exact) mass is 305 g/mol. The lowest BCUT2D eigenvalue weighted by Gasteiger charge is -2.31. The summed E-state index contributed by atoms with van der Waals surface area (Å²) in [5.41, 5.74) is 2.25. The number of piperidine rings is 1. The molecule has 1 aliphatic rings. The zero-order chi connectivity index (χ0) is 15.9. The molecule has 1 heterocycles. The van der Waals surface area contributed by atoms with E-state index in [2.05, 4.69) is 27.2 Å². The normalized spacial score (nSPS) is 19.0. The number of amides is 1. The van der Waals surface area contributed by atoms with Gasteiger partial charge in [0.15, 0.2) is 0 Å². The Morgan fingerprint density at radius 2 is 2.09 bits per heavy atom. The maximum Gasteiger partial charge on any atom is 0.234 e. The molecule has 1 atom stereocenters. The Kier molecular flexibility index (Phi) is 6.21. The number of carbonyl (C=O) groups is 1. The minimum atomic E-state index is 0.0512. The quantitative estimate of drug-likeness (QED) is 0.825. The molecule has 22 heavy (non-hydrogen) atoms. The molecule has 122 valence electrons. The molecule has 0 aliphatic carbocycles. The predicted octanol–water partition coefficient (Wildman–Crippen LogP) is 1.07. The fraction of sp³-hybridized carbons (Fsp3) is 0.588. The first-order valence-electron chi connectivity index (χ1n) is 7.94. The van der Waals surface area contributed by atoms with Gasteiger partial charge in [0, 0.05) is 39.5 Å². The maximum atomic E-state index is 12.0. The first kappa shape index (κ1) is 16.8. The van der Waals surface area contributed by atoms with Gasteiger partial charge < -0.3 is 15.3 Å². The zero-order valence-electron chi connectivity index (χ0n) is 13.6. The van der Waals surface area contributed by atoms with E-state index in [1.54, 1.807) is 0 Å². The molecule has 0 bridgehead atoms. The van der Waals surface area contributed by atoms with Crippen LogP contribution >= 0.6 is 0 Å². The van der Waals surface area contributed by atoms with Crippen molar-refractivity contribution in [2.75, 3.05) is 45.2 Å². The highest BCUT2D eigenvalue weighted by atomic mass is 16.3. The molecule has 1 amide bonds. The van der Waals surface area contributed by atoms with Crippen molar-refractivity contribution in [3.63, 3.8) is 0 Å². The second kappa shape index (κ2) is 8.15. The van der Waals surface area contributed by atoms with Crippen molar-refractivity contribution in [3.05, 3.63) is 29.8 Å². The third kappa shape index (κ3) is 5.00. The molecule has 0 spiro atoms. The molecular formula is C17H27N3O2. The van der Waals surface area contributed by atoms with Crippen LogP contribution in [0.4, 0.5) is 5.69 Å². The van der Waals surface area contributed by atoms with E-state index < -0.39 is 0 Å². The molecule has 0 radical (unpaired) electrons. The van der Waals surface area contributed by atoms with E-state index in [1.165, 1.54) is 0 Å². The van der Waals surface area contributed by atoms with Gasteiger partial charge in [-0.2, -0.15) is 0 Å². The number of carbonyl (C=O) groups excluding carboxylic acids is 1. The molecule has 0 aromatic heterocycles. The number of anilines is 1. The van der Waals surface area contributed by atoms with Crippen LogP contribution in [-0.2, 0) is 11.3 Å². The molecular weight excluding hydrogens is 278 g/mol. The lowest BCUT2D eigenvalue weighted by Crippen LogP contribution is -2.43. The fourth-order valence-electron chi connectivity index (χ4n) is 2.82. The highest BCUT2D eigenvalue weighted by Crippen LogP contribution is 2.15. The van der Waals surface area contributed by atoms with Gasteiger partial charge in [0.1, 0.15) is 0 Å². The average Bonchev–Trinajstić information content (AvgIpc) is 2.53. The second-order valence-corrected chi connectivity index (χ2v) is 6.26. The number of nitrogens with zero attached hydrogens (tertiary/aromatic N) is 2. The van der Waals surface area contributed by atoms with Crippen LogP contribution in [0, 0.1) is 5.92 Å². The van der Waals surface area contributed by atoms with E-state index in [1.807, 2.05) is 26.2 Å². The van der Waals surface area contributed by atoms with E-state index in [4.69, 9.17) is 0 Å². The molecule has 1 unspecified atom stereocenters. The Hall–Kier alpha value is -1.59. The third-order valence-corrected chi connectivity index (χ3v) is 4.17. The number of nitrogens with one attached hydrogen (secondary N) is 1. The van der Waals surface area contributed by atoms with E-state index >= 15 is 0 Å². The fourth-order valence-corrected chi connectivity index (χ4v) is 2.82. The SMILES string of the molecule is CN(C)c1ccc(CNC(=O)CN2CCCC(CO)C2)cc1. The Morgan fingerprint density at radius 1 is 1.36 bits per heavy atom. The number of rotatable bonds is 6. The van der Waals surface area contributed by atoms with E-state index in [0.29, 0.717) is 19.0 Å². The van der Waals surface area contributed by atoms with Crippen LogP contribution in [-0.4, -0.2) is 56.3 Å². The van der Waals surface area contributed by atoms with Crippen LogP contribution < -0.4 is 10.2 Å². The van der Waals surface area contributed by atoms with Crippen LogP contribution in [0.5, 0.6) is 0 Å². The number of hydrogen-bond donors (Lipinski definition) is 2. The topological polar surface area (TPSA) is 55.8 Å². The Morgan fingerprint density at radius 3 is 2.73 bits per heavy atom. The van der Waals surface area contributed by atoms with Crippen LogP contribution in [0.25, 0.3) is 0 Å². The van der Waals surface area contributed by atoms with Crippen molar-refractivity contribution in [1.29, 1.82) is 0 Å². The number of aliphatic hydroxyl groups is 1. The first-order valence-corrected chi connectivity index (χ1v) is 7.94. The van der Waals surface area contributed by atoms with Gasteiger partial charge in [-0.25, -0.2) is 0 Å². The van der Waals surface area contributed by atoms with Crippen molar-refractivity contribution in [2.45, 2.75) is 19.4 Å². The Bertz CT molecular complexity index is 473. The maximum absolute atomic E-state index is 12.0. The van der Waals surface area contributed by atoms with Gasteiger partial charge in [0.05, 0.1) is 6.54 Å². The van der Waals surface area contributed by atoms with Crippen molar-refractivity contribution in [1.82, 2.24) is 10.2 Å². The van der Waals surface area contributed by atoms with Crippen molar-refractivity contribution < 1.29 is 9.90 Å². The van der Waals surface area contributed by atoms with Gasteiger partial charge in [-0.05, 0) is 43.0 Å². The van der Waals surface area contributed by atoms with Crippen LogP contribution in [0.2, 0.25) is 0 Å². The van der Waals surface area contributed by atoms with Gasteiger partial charge >= 0.3 is 0 Å². The van der Waals surface area contributed by atoms with E-state index in [0.717, 1.165) is 37.2 Å². The second-order valence-electron chi connectivity index (χ2n) is 6.26. The number of likely N-dealkylation sites (tertiary alicyclic amines) is 1. The minimum absolute atomic E-state index is 0.0512. The zero-order valence-corrected chi connectivity index (χ0v) is 13.6. The number of benzene rings is 1. The summed E-state index contributed by atoms with van der Waals surface area (Å²) < 4.78 is 0. The molecule has 2 rings (SSSR count). The summed E-state index contributed by atoms with van der Waals surface area (Å²) in [6, 6.07) is 8.19. The van der Waals surface area contributed by atoms with Gasteiger partial charge in [0.2, 0.25) is 5.91 Å². The molecule has 1 saturated heterocycles. The first-order chi connectivity index (χ1) is 10.6. The van der Waals surface area contributed by atoms with Gasteiger partial charge in [0.25, 0.3) is 0 Å². The largest absolute Gasteiger partial charge is 0.396 e. The predicted molar refractivity (Wildman–Crippen MR) is 88.9 cm³/mol. The molecule has 1 aromatic rings. The summed E-state index contributed by atoms with van der Waals surface area (Å²) in [6.45, 7) is 2.97. The van der Waals surface area contributed by atoms with E-state index in [-0.39, 0.29) is 12.5 Å². The third-order valence-electron chi connectivity index (χ3n) is 4.17. The molecule has 1 fully saturated rings.